The molecule has 7 heteroatoms. The Morgan fingerprint density at radius 3 is 2.58 bits per heavy atom. The quantitative estimate of drug-likeness (QED) is 0.696. The lowest BCUT2D eigenvalue weighted by Gasteiger charge is -2.04. The number of benzene rings is 2. The first-order valence-electron chi connectivity index (χ1n) is 8.25. The molecule has 5 nitrogen and oxygen atoms in total. The van der Waals surface area contributed by atoms with Crippen molar-refractivity contribution in [2.45, 2.75) is 26.0 Å². The van der Waals surface area contributed by atoms with Gasteiger partial charge >= 0.3 is 0 Å². The van der Waals surface area contributed by atoms with E-state index in [4.69, 9.17) is 0 Å². The van der Waals surface area contributed by atoms with E-state index in [1.807, 2.05) is 32.0 Å². The smallest absolute Gasteiger partial charge is 0.227 e. The van der Waals surface area contributed by atoms with E-state index in [0.29, 0.717) is 5.13 Å². The lowest BCUT2D eigenvalue weighted by Crippen LogP contribution is -2.18. The van der Waals surface area contributed by atoms with Crippen molar-refractivity contribution in [3.05, 3.63) is 59.2 Å². The fourth-order valence-corrected chi connectivity index (χ4v) is 4.89. The molecule has 0 bridgehead atoms. The fourth-order valence-electron chi connectivity index (χ4n) is 2.61. The topological polar surface area (TPSA) is 76.1 Å². The largest absolute Gasteiger partial charge is 0.302 e. The number of anilines is 1. The lowest BCUT2D eigenvalue weighted by molar-refractivity contribution is -0.115. The van der Waals surface area contributed by atoms with E-state index in [1.54, 1.807) is 24.3 Å². The first-order valence-corrected chi connectivity index (χ1v) is 10.9. The van der Waals surface area contributed by atoms with E-state index in [1.165, 1.54) is 11.3 Å². The molecule has 26 heavy (non-hydrogen) atoms. The van der Waals surface area contributed by atoms with Gasteiger partial charge in [0.25, 0.3) is 0 Å². The maximum atomic E-state index is 12.2. The predicted molar refractivity (Wildman–Crippen MR) is 106 cm³/mol. The van der Waals surface area contributed by atoms with Crippen molar-refractivity contribution in [1.29, 1.82) is 0 Å². The molecule has 3 rings (SSSR count). The maximum Gasteiger partial charge on any atom is 0.227 e. The molecule has 0 fully saturated rings. The maximum absolute atomic E-state index is 12.2. The number of hydrogen-bond donors (Lipinski definition) is 1. The van der Waals surface area contributed by atoms with Gasteiger partial charge in [-0.3, -0.25) is 4.79 Å². The highest BCUT2D eigenvalue weighted by atomic mass is 32.2. The Balaban J connectivity index is 1.61. The molecule has 3 aromatic rings. The fraction of sp³-hybridized carbons (Fsp3) is 0.263. The minimum Gasteiger partial charge on any atom is -0.302 e. The van der Waals surface area contributed by atoms with Crippen LogP contribution in [0.1, 0.15) is 23.1 Å². The summed E-state index contributed by atoms with van der Waals surface area (Å²) >= 11 is 1.39. The lowest BCUT2D eigenvalue weighted by atomic mass is 10.1. The summed E-state index contributed by atoms with van der Waals surface area (Å²) in [5.41, 5.74) is 3.84. The van der Waals surface area contributed by atoms with Gasteiger partial charge in [-0.2, -0.15) is 0 Å². The predicted octanol–water partition coefficient (Wildman–Crippen LogP) is 3.86. The van der Waals surface area contributed by atoms with E-state index in [-0.39, 0.29) is 23.8 Å². The summed E-state index contributed by atoms with van der Waals surface area (Å²) in [6, 6.07) is 13.0. The third kappa shape index (κ3) is 4.47. The third-order valence-corrected chi connectivity index (χ3v) is 6.74. The van der Waals surface area contributed by atoms with Crippen LogP contribution in [0.2, 0.25) is 0 Å². The molecule has 0 unspecified atom stereocenters. The average Bonchev–Trinajstić information content (AvgIpc) is 3.00. The highest BCUT2D eigenvalue weighted by Crippen LogP contribution is 2.29. The van der Waals surface area contributed by atoms with Gasteiger partial charge in [-0.1, -0.05) is 47.7 Å². The van der Waals surface area contributed by atoms with Gasteiger partial charge in [0.15, 0.2) is 15.0 Å². The van der Waals surface area contributed by atoms with Gasteiger partial charge in [0.1, 0.15) is 0 Å². The van der Waals surface area contributed by atoms with Crippen LogP contribution in [0.4, 0.5) is 5.13 Å². The highest BCUT2D eigenvalue weighted by Gasteiger charge is 2.16. The first-order chi connectivity index (χ1) is 12.3. The van der Waals surface area contributed by atoms with Crippen LogP contribution in [0.15, 0.2) is 42.5 Å². The number of carbonyl (C=O) groups is 1. The molecule has 0 atom stereocenters. The summed E-state index contributed by atoms with van der Waals surface area (Å²) in [6.07, 6.45) is -0.0803. The molecular weight excluding hydrogens is 368 g/mol. The molecule has 0 aliphatic rings. The van der Waals surface area contributed by atoms with E-state index < -0.39 is 9.84 Å². The molecule has 1 aromatic heterocycles. The Kier molecular flexibility index (Phi) is 5.38. The molecule has 0 radical (unpaired) electrons. The highest BCUT2D eigenvalue weighted by molar-refractivity contribution is 7.90. The van der Waals surface area contributed by atoms with Crippen molar-refractivity contribution in [1.82, 2.24) is 4.98 Å². The van der Waals surface area contributed by atoms with Crippen molar-refractivity contribution >= 4 is 42.4 Å². The van der Waals surface area contributed by atoms with Crippen molar-refractivity contribution in [2.24, 2.45) is 0 Å². The van der Waals surface area contributed by atoms with Gasteiger partial charge in [-0.05, 0) is 36.6 Å². The Bertz CT molecular complexity index is 1040. The number of amides is 1. The van der Waals surface area contributed by atoms with Crippen LogP contribution in [0.5, 0.6) is 0 Å². The summed E-state index contributed by atoms with van der Waals surface area (Å²) in [5, 5.41) is 3.22. The standard InChI is InChI=1S/C19H20N2O3S2/c1-13-8-9-16-18(14(13)2)21-19(25-16)20-17(22)10-11-26(23,24)12-15-6-4-3-5-7-15/h3-9H,10-12H2,1-2H3,(H,20,21,22). The number of nitrogens with one attached hydrogen (secondary N) is 1. The molecule has 1 N–H and O–H groups in total. The number of fused-ring (bicyclic) bond motifs is 1. The number of rotatable bonds is 6. The normalized spacial score (nSPS) is 11.6. The van der Waals surface area contributed by atoms with Crippen LogP contribution in [0, 0.1) is 13.8 Å². The summed E-state index contributed by atoms with van der Waals surface area (Å²) in [6.45, 7) is 4.02. The zero-order valence-electron chi connectivity index (χ0n) is 14.7. The molecule has 0 saturated carbocycles. The molecule has 0 aliphatic carbocycles. The zero-order chi connectivity index (χ0) is 18.7. The molecule has 0 spiro atoms. The van der Waals surface area contributed by atoms with Crippen molar-refractivity contribution in [3.8, 4) is 0 Å². The van der Waals surface area contributed by atoms with Gasteiger partial charge in [-0.15, -0.1) is 0 Å². The summed E-state index contributed by atoms with van der Waals surface area (Å²) in [4.78, 5) is 16.6. The van der Waals surface area contributed by atoms with Crippen LogP contribution in [0.25, 0.3) is 10.2 Å². The van der Waals surface area contributed by atoms with Crippen molar-refractivity contribution in [2.75, 3.05) is 11.1 Å². The second kappa shape index (κ2) is 7.55. The van der Waals surface area contributed by atoms with Gasteiger partial charge in [0.05, 0.1) is 21.7 Å². The number of nitrogens with zero attached hydrogens (tertiary/aromatic N) is 1. The van der Waals surface area contributed by atoms with Crippen molar-refractivity contribution < 1.29 is 13.2 Å². The second-order valence-corrected chi connectivity index (χ2v) is 9.46. The van der Waals surface area contributed by atoms with E-state index in [2.05, 4.69) is 10.3 Å². The van der Waals surface area contributed by atoms with E-state index in [0.717, 1.165) is 26.9 Å². The van der Waals surface area contributed by atoms with E-state index in [9.17, 15) is 13.2 Å². The SMILES string of the molecule is Cc1ccc2sc(NC(=O)CCS(=O)(=O)Cc3ccccc3)nc2c1C. The number of hydrogen-bond acceptors (Lipinski definition) is 5. The van der Waals surface area contributed by atoms with Gasteiger partial charge in [-0.25, -0.2) is 13.4 Å². The van der Waals surface area contributed by atoms with Gasteiger partial charge in [0, 0.05) is 6.42 Å². The summed E-state index contributed by atoms with van der Waals surface area (Å²) < 4.78 is 25.4. The zero-order valence-corrected chi connectivity index (χ0v) is 16.3. The number of carbonyl (C=O) groups excluding carboxylic acids is 1. The molecule has 136 valence electrons. The second-order valence-electron chi connectivity index (χ2n) is 6.25. The summed E-state index contributed by atoms with van der Waals surface area (Å²) in [5.74, 6) is -0.577. The van der Waals surface area contributed by atoms with Crippen LogP contribution < -0.4 is 5.32 Å². The van der Waals surface area contributed by atoms with Crippen LogP contribution in [-0.2, 0) is 20.4 Å². The Hall–Kier alpha value is -2.25. The Morgan fingerprint density at radius 1 is 1.12 bits per heavy atom. The molecule has 1 heterocycles. The monoisotopic (exact) mass is 388 g/mol. The average molecular weight is 389 g/mol. The first kappa shape index (κ1) is 18.5. The minimum absolute atomic E-state index is 0.0548. The van der Waals surface area contributed by atoms with Crippen LogP contribution in [0.3, 0.4) is 0 Å². The van der Waals surface area contributed by atoms with Crippen LogP contribution in [-0.4, -0.2) is 25.1 Å². The van der Waals surface area contributed by atoms with Gasteiger partial charge in [0.2, 0.25) is 5.91 Å². The molecule has 2 aromatic carbocycles. The molecule has 0 saturated heterocycles. The minimum atomic E-state index is -3.34. The van der Waals surface area contributed by atoms with Crippen LogP contribution >= 0.6 is 11.3 Å². The number of aromatic nitrogens is 1. The van der Waals surface area contributed by atoms with Gasteiger partial charge < -0.3 is 5.32 Å². The Morgan fingerprint density at radius 2 is 1.85 bits per heavy atom. The molecule has 0 aliphatic heterocycles. The number of sulfone groups is 1. The van der Waals surface area contributed by atoms with E-state index >= 15 is 0 Å². The summed E-state index contributed by atoms with van der Waals surface area (Å²) in [7, 11) is -3.34. The van der Waals surface area contributed by atoms with Crippen molar-refractivity contribution in [3.63, 3.8) is 0 Å². The number of thiazole rings is 1. The number of aryl methyl sites for hydroxylation is 2. The Labute approximate surface area is 157 Å². The molecule has 1 amide bonds. The third-order valence-electron chi connectivity index (χ3n) is 4.20. The molecular formula is C19H20N2O3S2.